The third kappa shape index (κ3) is 3.22. The van der Waals surface area contributed by atoms with Gasteiger partial charge in [-0.1, -0.05) is 11.6 Å². The number of anilines is 1. The lowest BCUT2D eigenvalue weighted by Gasteiger charge is -2.14. The SMILES string of the molecule is Cc1ncc(CO)c(CNc2c(F)cc(F)cc2Cl)c1O. The highest BCUT2D eigenvalue weighted by Crippen LogP contribution is 2.29. The van der Waals surface area contributed by atoms with Crippen LogP contribution >= 0.6 is 11.6 Å². The van der Waals surface area contributed by atoms with Gasteiger partial charge in [-0.15, -0.1) is 0 Å². The van der Waals surface area contributed by atoms with Crippen molar-refractivity contribution in [3.05, 3.63) is 51.8 Å². The fraction of sp³-hybridized carbons (Fsp3) is 0.214. The molecule has 0 unspecified atom stereocenters. The van der Waals surface area contributed by atoms with E-state index in [0.717, 1.165) is 6.07 Å². The van der Waals surface area contributed by atoms with Crippen molar-refractivity contribution in [3.63, 3.8) is 0 Å². The Bertz CT molecular complexity index is 657. The highest BCUT2D eigenvalue weighted by Gasteiger charge is 2.14. The van der Waals surface area contributed by atoms with Crippen molar-refractivity contribution in [2.45, 2.75) is 20.1 Å². The molecule has 2 rings (SSSR count). The second-order valence-electron chi connectivity index (χ2n) is 4.45. The number of hydrogen-bond acceptors (Lipinski definition) is 4. The van der Waals surface area contributed by atoms with Crippen molar-refractivity contribution in [2.75, 3.05) is 5.32 Å². The number of rotatable bonds is 4. The molecule has 0 aliphatic carbocycles. The van der Waals surface area contributed by atoms with Gasteiger partial charge in [-0.3, -0.25) is 4.98 Å². The van der Waals surface area contributed by atoms with E-state index in [1.54, 1.807) is 6.92 Å². The van der Waals surface area contributed by atoms with Crippen LogP contribution in [0.5, 0.6) is 5.75 Å². The summed E-state index contributed by atoms with van der Waals surface area (Å²) in [7, 11) is 0. The van der Waals surface area contributed by atoms with Crippen LogP contribution < -0.4 is 5.32 Å². The van der Waals surface area contributed by atoms with Gasteiger partial charge in [0.1, 0.15) is 11.6 Å². The third-order valence-corrected chi connectivity index (χ3v) is 3.35. The molecule has 1 aromatic heterocycles. The summed E-state index contributed by atoms with van der Waals surface area (Å²) >= 11 is 5.78. The zero-order valence-electron chi connectivity index (χ0n) is 11.1. The van der Waals surface area contributed by atoms with E-state index >= 15 is 0 Å². The smallest absolute Gasteiger partial charge is 0.150 e. The molecule has 0 amide bonds. The van der Waals surface area contributed by atoms with Gasteiger partial charge < -0.3 is 15.5 Å². The number of aromatic nitrogens is 1. The molecule has 7 heteroatoms. The maximum atomic E-state index is 13.7. The maximum absolute atomic E-state index is 13.7. The number of benzene rings is 1. The summed E-state index contributed by atoms with van der Waals surface area (Å²) in [5.74, 6) is -1.70. The molecule has 112 valence electrons. The molecule has 21 heavy (non-hydrogen) atoms. The van der Waals surface area contributed by atoms with E-state index in [1.165, 1.54) is 6.20 Å². The summed E-state index contributed by atoms with van der Waals surface area (Å²) in [5.41, 5.74) is 1.10. The number of aryl methyl sites for hydroxylation is 1. The summed E-state index contributed by atoms with van der Waals surface area (Å²) in [4.78, 5) is 3.92. The second kappa shape index (κ2) is 6.24. The monoisotopic (exact) mass is 314 g/mol. The topological polar surface area (TPSA) is 65.4 Å². The molecular weight excluding hydrogens is 302 g/mol. The lowest BCUT2D eigenvalue weighted by Crippen LogP contribution is -2.07. The zero-order chi connectivity index (χ0) is 15.6. The highest BCUT2D eigenvalue weighted by molar-refractivity contribution is 6.33. The number of aliphatic hydroxyl groups is 1. The van der Waals surface area contributed by atoms with E-state index in [-0.39, 0.29) is 29.6 Å². The number of nitrogens with zero attached hydrogens (tertiary/aromatic N) is 1. The van der Waals surface area contributed by atoms with E-state index < -0.39 is 11.6 Å². The standard InChI is InChI=1S/C14H13ClF2N2O2/c1-7-14(21)10(8(6-20)4-18-7)5-19-13-11(15)2-9(16)3-12(13)17/h2-4,19-21H,5-6H2,1H3. The first-order chi connectivity index (χ1) is 9.93. The van der Waals surface area contributed by atoms with E-state index in [1.807, 2.05) is 0 Å². The molecule has 4 nitrogen and oxygen atoms in total. The van der Waals surface area contributed by atoms with E-state index in [2.05, 4.69) is 10.3 Å². The van der Waals surface area contributed by atoms with Gasteiger partial charge in [-0.25, -0.2) is 8.78 Å². The largest absolute Gasteiger partial charge is 0.506 e. The zero-order valence-corrected chi connectivity index (χ0v) is 11.9. The Kier molecular flexibility index (Phi) is 4.59. The van der Waals surface area contributed by atoms with E-state index in [0.29, 0.717) is 22.9 Å². The average molecular weight is 315 g/mol. The third-order valence-electron chi connectivity index (χ3n) is 3.05. The van der Waals surface area contributed by atoms with Crippen molar-refractivity contribution in [1.29, 1.82) is 0 Å². The minimum atomic E-state index is -0.837. The van der Waals surface area contributed by atoms with Crippen LogP contribution in [0.25, 0.3) is 0 Å². The van der Waals surface area contributed by atoms with Crippen molar-refractivity contribution in [2.24, 2.45) is 0 Å². The molecule has 0 aliphatic heterocycles. The lowest BCUT2D eigenvalue weighted by atomic mass is 10.1. The molecule has 1 aromatic carbocycles. The molecule has 0 radical (unpaired) electrons. The number of aliphatic hydroxyl groups excluding tert-OH is 1. The Hall–Kier alpha value is -1.92. The Morgan fingerprint density at radius 1 is 1.33 bits per heavy atom. The van der Waals surface area contributed by atoms with Crippen LogP contribution in [0, 0.1) is 18.6 Å². The summed E-state index contributed by atoms with van der Waals surface area (Å²) in [6.07, 6.45) is 1.43. The van der Waals surface area contributed by atoms with Crippen LogP contribution in [-0.2, 0) is 13.2 Å². The van der Waals surface area contributed by atoms with Crippen LogP contribution in [0.15, 0.2) is 18.3 Å². The van der Waals surface area contributed by atoms with E-state index in [4.69, 9.17) is 11.6 Å². The van der Waals surface area contributed by atoms with Gasteiger partial charge in [-0.2, -0.15) is 0 Å². The van der Waals surface area contributed by atoms with Crippen molar-refractivity contribution < 1.29 is 19.0 Å². The number of nitrogens with one attached hydrogen (secondary N) is 1. The maximum Gasteiger partial charge on any atom is 0.150 e. The van der Waals surface area contributed by atoms with Crippen LogP contribution in [0.1, 0.15) is 16.8 Å². The molecule has 1 heterocycles. The molecule has 0 aliphatic rings. The van der Waals surface area contributed by atoms with Gasteiger partial charge in [-0.05, 0) is 13.0 Å². The Morgan fingerprint density at radius 3 is 2.67 bits per heavy atom. The van der Waals surface area contributed by atoms with Crippen LogP contribution in [0.2, 0.25) is 5.02 Å². The minimum absolute atomic E-state index is 0.00730. The predicted octanol–water partition coefficient (Wildman–Crippen LogP) is 3.13. The van der Waals surface area contributed by atoms with Crippen molar-refractivity contribution >= 4 is 17.3 Å². The summed E-state index contributed by atoms with van der Waals surface area (Å²) < 4.78 is 26.6. The minimum Gasteiger partial charge on any atom is -0.506 e. The fourth-order valence-corrected chi connectivity index (χ4v) is 2.17. The molecule has 0 spiro atoms. The van der Waals surface area contributed by atoms with E-state index in [9.17, 15) is 19.0 Å². The number of halogens is 3. The first-order valence-corrected chi connectivity index (χ1v) is 6.47. The van der Waals surface area contributed by atoms with Crippen LogP contribution in [0.4, 0.5) is 14.5 Å². The van der Waals surface area contributed by atoms with Gasteiger partial charge >= 0.3 is 0 Å². The molecule has 0 bridgehead atoms. The normalized spacial score (nSPS) is 10.7. The molecule has 0 fully saturated rings. The van der Waals surface area contributed by atoms with Gasteiger partial charge in [0.25, 0.3) is 0 Å². The van der Waals surface area contributed by atoms with Crippen molar-refractivity contribution in [1.82, 2.24) is 4.98 Å². The second-order valence-corrected chi connectivity index (χ2v) is 4.86. The first-order valence-electron chi connectivity index (χ1n) is 6.09. The summed E-state index contributed by atoms with van der Waals surface area (Å²) in [5, 5.41) is 21.8. The van der Waals surface area contributed by atoms with Crippen molar-refractivity contribution in [3.8, 4) is 5.75 Å². The summed E-state index contributed by atoms with van der Waals surface area (Å²) in [6, 6.07) is 1.69. The number of hydrogen-bond donors (Lipinski definition) is 3. The molecule has 0 atom stereocenters. The Balaban J connectivity index is 2.31. The van der Waals surface area contributed by atoms with Gasteiger partial charge in [0, 0.05) is 29.9 Å². The van der Waals surface area contributed by atoms with Gasteiger partial charge in [0.2, 0.25) is 0 Å². The van der Waals surface area contributed by atoms with Crippen LogP contribution in [-0.4, -0.2) is 15.2 Å². The quantitative estimate of drug-likeness (QED) is 0.811. The lowest BCUT2D eigenvalue weighted by molar-refractivity contribution is 0.279. The Labute approximate surface area is 125 Å². The van der Waals surface area contributed by atoms with Crippen LogP contribution in [0.3, 0.4) is 0 Å². The molecule has 0 saturated carbocycles. The number of pyridine rings is 1. The Morgan fingerprint density at radius 2 is 2.05 bits per heavy atom. The average Bonchev–Trinajstić information content (AvgIpc) is 2.42. The molecular formula is C14H13ClF2N2O2. The molecule has 3 N–H and O–H groups in total. The summed E-state index contributed by atoms with van der Waals surface area (Å²) in [6.45, 7) is 1.29. The fourth-order valence-electron chi connectivity index (χ4n) is 1.91. The molecule has 2 aromatic rings. The predicted molar refractivity (Wildman–Crippen MR) is 75.3 cm³/mol. The molecule has 0 saturated heterocycles. The highest BCUT2D eigenvalue weighted by atomic mass is 35.5. The van der Waals surface area contributed by atoms with Gasteiger partial charge in [0.15, 0.2) is 5.82 Å². The van der Waals surface area contributed by atoms with Gasteiger partial charge in [0.05, 0.1) is 23.0 Å². The number of aromatic hydroxyl groups is 1. The first kappa shape index (κ1) is 15.5.